The Balaban J connectivity index is 2.11. The van der Waals surface area contributed by atoms with Crippen molar-refractivity contribution in [3.8, 4) is 0 Å². The van der Waals surface area contributed by atoms with Gasteiger partial charge in [0.25, 0.3) is 0 Å². The fraction of sp³-hybridized carbons (Fsp3) is 0.417. The summed E-state index contributed by atoms with van der Waals surface area (Å²) in [4.78, 5) is 27.5. The van der Waals surface area contributed by atoms with Gasteiger partial charge in [-0.05, 0) is 37.0 Å². The molecule has 0 fully saturated rings. The number of thioether (sulfide) groups is 1. The molecule has 0 saturated carbocycles. The van der Waals surface area contributed by atoms with Gasteiger partial charge in [0.05, 0.1) is 5.75 Å². The van der Waals surface area contributed by atoms with Gasteiger partial charge in [0.2, 0.25) is 11.8 Å². The molecule has 0 aliphatic rings. The van der Waals surface area contributed by atoms with Gasteiger partial charge in [-0.15, -0.1) is 11.8 Å². The van der Waals surface area contributed by atoms with Crippen molar-refractivity contribution in [2.75, 3.05) is 12.3 Å². The van der Waals surface area contributed by atoms with Crippen LogP contribution in [0.25, 0.3) is 0 Å². The molecule has 6 heteroatoms. The maximum absolute atomic E-state index is 13.8. The number of amides is 2. The van der Waals surface area contributed by atoms with Gasteiger partial charge in [0.15, 0.2) is 0 Å². The van der Waals surface area contributed by atoms with E-state index in [2.05, 4.69) is 5.32 Å². The number of hydrogen-bond donors (Lipinski definition) is 1. The van der Waals surface area contributed by atoms with Crippen LogP contribution >= 0.6 is 11.8 Å². The van der Waals surface area contributed by atoms with E-state index in [1.54, 1.807) is 23.1 Å². The van der Waals surface area contributed by atoms with Crippen molar-refractivity contribution in [1.29, 1.82) is 0 Å². The van der Waals surface area contributed by atoms with Gasteiger partial charge in [-0.3, -0.25) is 9.59 Å². The number of aryl methyl sites for hydroxylation is 1. The van der Waals surface area contributed by atoms with E-state index < -0.39 is 6.04 Å². The highest BCUT2D eigenvalue weighted by atomic mass is 32.2. The Bertz CT molecular complexity index is 826. The predicted molar refractivity (Wildman–Crippen MR) is 122 cm³/mol. The molecule has 2 amide bonds. The average Bonchev–Trinajstić information content (AvgIpc) is 2.74. The Labute approximate surface area is 183 Å². The van der Waals surface area contributed by atoms with Gasteiger partial charge < -0.3 is 10.2 Å². The van der Waals surface area contributed by atoms with Crippen LogP contribution in [-0.4, -0.2) is 35.1 Å². The lowest BCUT2D eigenvalue weighted by molar-refractivity contribution is -0.139. The van der Waals surface area contributed by atoms with E-state index in [0.717, 1.165) is 17.5 Å². The number of benzene rings is 2. The van der Waals surface area contributed by atoms with Gasteiger partial charge in [-0.2, -0.15) is 0 Å². The first kappa shape index (κ1) is 23.9. The molecule has 2 rings (SSSR count). The Hall–Kier alpha value is -2.34. The SMILES string of the molecule is CCCNC(=O)[C@H](CC)N(Cc1ccc(C)cc1)C(=O)CSCc1ccccc1F. The van der Waals surface area contributed by atoms with Gasteiger partial charge in [-0.25, -0.2) is 4.39 Å². The van der Waals surface area contributed by atoms with Gasteiger partial charge in [0.1, 0.15) is 11.9 Å². The molecule has 162 valence electrons. The van der Waals surface area contributed by atoms with Crippen LogP contribution in [0.5, 0.6) is 0 Å². The highest BCUT2D eigenvalue weighted by Crippen LogP contribution is 2.19. The van der Waals surface area contributed by atoms with E-state index in [1.807, 2.05) is 45.0 Å². The number of carbonyl (C=O) groups is 2. The Morgan fingerprint density at radius 1 is 1.10 bits per heavy atom. The van der Waals surface area contributed by atoms with E-state index >= 15 is 0 Å². The fourth-order valence-corrected chi connectivity index (χ4v) is 4.02. The van der Waals surface area contributed by atoms with Crippen LogP contribution in [0.2, 0.25) is 0 Å². The lowest BCUT2D eigenvalue weighted by atomic mass is 10.1. The van der Waals surface area contributed by atoms with Crippen molar-refractivity contribution in [3.05, 3.63) is 71.0 Å². The summed E-state index contributed by atoms with van der Waals surface area (Å²) in [6.45, 7) is 6.88. The molecular formula is C24H31FN2O2S. The summed E-state index contributed by atoms with van der Waals surface area (Å²) in [6, 6.07) is 14.0. The number of nitrogens with one attached hydrogen (secondary N) is 1. The number of carbonyl (C=O) groups excluding carboxylic acids is 2. The molecule has 2 aromatic carbocycles. The van der Waals surface area contributed by atoms with E-state index in [4.69, 9.17) is 0 Å². The van der Waals surface area contributed by atoms with Crippen LogP contribution in [-0.2, 0) is 21.9 Å². The zero-order valence-electron chi connectivity index (χ0n) is 18.0. The minimum Gasteiger partial charge on any atom is -0.354 e. The minimum absolute atomic E-state index is 0.115. The van der Waals surface area contributed by atoms with E-state index in [0.29, 0.717) is 30.8 Å². The third kappa shape index (κ3) is 7.17. The van der Waals surface area contributed by atoms with Crippen LogP contribution in [0.3, 0.4) is 0 Å². The number of halogens is 1. The second kappa shape index (κ2) is 12.4. The second-order valence-corrected chi connectivity index (χ2v) is 8.29. The molecule has 0 spiro atoms. The molecule has 2 aromatic rings. The number of rotatable bonds is 11. The quantitative estimate of drug-likeness (QED) is 0.562. The minimum atomic E-state index is -0.528. The molecule has 0 aromatic heterocycles. The molecule has 1 atom stereocenters. The fourth-order valence-electron chi connectivity index (χ4n) is 3.12. The number of nitrogens with zero attached hydrogens (tertiary/aromatic N) is 1. The molecule has 0 unspecified atom stereocenters. The van der Waals surface area contributed by atoms with Crippen molar-refractivity contribution in [3.63, 3.8) is 0 Å². The molecule has 0 saturated heterocycles. The summed E-state index contributed by atoms with van der Waals surface area (Å²) < 4.78 is 13.8. The van der Waals surface area contributed by atoms with Crippen LogP contribution in [0, 0.1) is 12.7 Å². The third-order valence-corrected chi connectivity index (χ3v) is 5.82. The zero-order chi connectivity index (χ0) is 21.9. The molecule has 4 nitrogen and oxygen atoms in total. The van der Waals surface area contributed by atoms with Crippen LogP contribution in [0.15, 0.2) is 48.5 Å². The van der Waals surface area contributed by atoms with Gasteiger partial charge in [-0.1, -0.05) is 61.9 Å². The Morgan fingerprint density at radius 2 is 1.80 bits per heavy atom. The number of hydrogen-bond acceptors (Lipinski definition) is 3. The maximum Gasteiger partial charge on any atom is 0.242 e. The lowest BCUT2D eigenvalue weighted by Crippen LogP contribution is -2.49. The summed E-state index contributed by atoms with van der Waals surface area (Å²) in [6.07, 6.45) is 1.37. The largest absolute Gasteiger partial charge is 0.354 e. The van der Waals surface area contributed by atoms with Crippen molar-refractivity contribution < 1.29 is 14.0 Å². The average molecular weight is 431 g/mol. The van der Waals surface area contributed by atoms with Crippen LogP contribution in [0.4, 0.5) is 4.39 Å². The molecular weight excluding hydrogens is 399 g/mol. The van der Waals surface area contributed by atoms with E-state index in [-0.39, 0.29) is 23.4 Å². The highest BCUT2D eigenvalue weighted by molar-refractivity contribution is 7.99. The van der Waals surface area contributed by atoms with Crippen LogP contribution in [0.1, 0.15) is 43.4 Å². The Kier molecular flexibility index (Phi) is 9.87. The normalized spacial score (nSPS) is 11.7. The van der Waals surface area contributed by atoms with Crippen molar-refractivity contribution in [2.24, 2.45) is 0 Å². The molecule has 0 aliphatic heterocycles. The molecule has 1 N–H and O–H groups in total. The molecule has 0 heterocycles. The first-order valence-corrected chi connectivity index (χ1v) is 11.6. The lowest BCUT2D eigenvalue weighted by Gasteiger charge is -2.30. The van der Waals surface area contributed by atoms with Crippen molar-refractivity contribution in [1.82, 2.24) is 10.2 Å². The van der Waals surface area contributed by atoms with Crippen molar-refractivity contribution >= 4 is 23.6 Å². The molecule has 0 radical (unpaired) electrons. The summed E-state index contributed by atoms with van der Waals surface area (Å²) in [5.41, 5.74) is 2.70. The molecule has 0 bridgehead atoms. The van der Waals surface area contributed by atoms with E-state index in [9.17, 15) is 14.0 Å². The summed E-state index contributed by atoms with van der Waals surface area (Å²) in [5, 5.41) is 2.91. The summed E-state index contributed by atoms with van der Waals surface area (Å²) in [7, 11) is 0. The van der Waals surface area contributed by atoms with E-state index in [1.165, 1.54) is 17.8 Å². The molecule has 0 aliphatic carbocycles. The maximum atomic E-state index is 13.8. The molecule has 30 heavy (non-hydrogen) atoms. The monoisotopic (exact) mass is 430 g/mol. The Morgan fingerprint density at radius 3 is 2.43 bits per heavy atom. The topological polar surface area (TPSA) is 49.4 Å². The predicted octanol–water partition coefficient (Wildman–Crippen LogP) is 4.70. The smallest absolute Gasteiger partial charge is 0.242 e. The first-order valence-electron chi connectivity index (χ1n) is 10.4. The van der Waals surface area contributed by atoms with Crippen LogP contribution < -0.4 is 5.32 Å². The first-order chi connectivity index (χ1) is 14.5. The zero-order valence-corrected chi connectivity index (χ0v) is 18.8. The second-order valence-electron chi connectivity index (χ2n) is 7.31. The van der Waals surface area contributed by atoms with Gasteiger partial charge in [0, 0.05) is 18.8 Å². The summed E-state index contributed by atoms with van der Waals surface area (Å²) >= 11 is 1.36. The third-order valence-electron chi connectivity index (χ3n) is 4.85. The van der Waals surface area contributed by atoms with Crippen molar-refractivity contribution in [2.45, 2.75) is 52.0 Å². The standard InChI is InChI=1S/C24H31FN2O2S/c1-4-14-26-24(29)22(5-2)27(15-19-12-10-18(3)11-13-19)23(28)17-30-16-20-8-6-7-9-21(20)25/h6-13,22H,4-5,14-17H2,1-3H3,(H,26,29)/t22-/m0/s1. The highest BCUT2D eigenvalue weighted by Gasteiger charge is 2.28. The summed E-state index contributed by atoms with van der Waals surface area (Å²) in [5.74, 6) is 0.0987. The van der Waals surface area contributed by atoms with Gasteiger partial charge >= 0.3 is 0 Å².